The van der Waals surface area contributed by atoms with Gasteiger partial charge in [0.15, 0.2) is 5.82 Å². The van der Waals surface area contributed by atoms with Gasteiger partial charge in [0.25, 0.3) is 0 Å². The number of anilines is 1. The number of aromatic nitrogens is 3. The number of hydrogen-bond donors (Lipinski definition) is 2. The Morgan fingerprint density at radius 2 is 2.11 bits per heavy atom. The summed E-state index contributed by atoms with van der Waals surface area (Å²) in [5, 5.41) is 12.1. The lowest BCUT2D eigenvalue weighted by atomic mass is 10.0. The van der Waals surface area contributed by atoms with E-state index in [-0.39, 0.29) is 19.1 Å². The van der Waals surface area contributed by atoms with Crippen molar-refractivity contribution < 1.29 is 9.90 Å². The predicted molar refractivity (Wildman–Crippen MR) is 104 cm³/mol. The molecule has 3 rings (SSSR count). The van der Waals surface area contributed by atoms with Crippen LogP contribution in [-0.4, -0.2) is 51.7 Å². The number of hydrogen-bond acceptors (Lipinski definition) is 6. The number of pyridine rings is 1. The summed E-state index contributed by atoms with van der Waals surface area (Å²) in [6.45, 7) is 4.04. The first-order valence-electron chi connectivity index (χ1n) is 9.34. The largest absolute Gasteiger partial charge is 0.396 e. The predicted octanol–water partition coefficient (Wildman–Crippen LogP) is 1.74. The highest BCUT2D eigenvalue weighted by Gasteiger charge is 2.25. The lowest BCUT2D eigenvalue weighted by Gasteiger charge is -2.27. The van der Waals surface area contributed by atoms with Gasteiger partial charge in [0.05, 0.1) is 6.54 Å². The van der Waals surface area contributed by atoms with Crippen molar-refractivity contribution in [3.8, 4) is 11.5 Å². The van der Waals surface area contributed by atoms with E-state index in [2.05, 4.69) is 10.3 Å². The van der Waals surface area contributed by atoms with Crippen LogP contribution in [0.5, 0.6) is 0 Å². The SMILES string of the molecule is CN(CC(=O)NC(C)(C)CCO)c1nc(-c2ccccn2)nc2c1CCC2. The van der Waals surface area contributed by atoms with Crippen molar-refractivity contribution in [2.24, 2.45) is 0 Å². The molecule has 1 amide bonds. The van der Waals surface area contributed by atoms with Crippen LogP contribution < -0.4 is 10.2 Å². The summed E-state index contributed by atoms with van der Waals surface area (Å²) >= 11 is 0. The Morgan fingerprint density at radius 3 is 2.81 bits per heavy atom. The summed E-state index contributed by atoms with van der Waals surface area (Å²) in [6.07, 6.45) is 5.14. The molecule has 144 valence electrons. The molecule has 0 saturated heterocycles. The number of fused-ring (bicyclic) bond motifs is 1. The molecule has 7 heteroatoms. The summed E-state index contributed by atoms with van der Waals surface area (Å²) in [6, 6.07) is 5.67. The Bertz CT molecular complexity index is 808. The molecule has 0 atom stereocenters. The van der Waals surface area contributed by atoms with E-state index in [9.17, 15) is 4.79 Å². The first kappa shape index (κ1) is 19.2. The van der Waals surface area contributed by atoms with Crippen LogP contribution >= 0.6 is 0 Å². The quantitative estimate of drug-likeness (QED) is 0.772. The third-order valence-corrected chi connectivity index (χ3v) is 4.76. The Morgan fingerprint density at radius 1 is 1.30 bits per heavy atom. The molecule has 2 heterocycles. The standard InChI is InChI=1S/C20H27N5O2/c1-20(2,10-12-26)24-17(27)13-25(3)19-14-7-6-9-15(14)22-18(23-19)16-8-4-5-11-21-16/h4-5,8,11,26H,6-7,9-10,12-13H2,1-3H3,(H,24,27). The number of rotatable bonds is 7. The van der Waals surface area contributed by atoms with Gasteiger partial charge in [-0.1, -0.05) is 6.07 Å². The number of aryl methyl sites for hydroxylation is 1. The average molecular weight is 369 g/mol. The van der Waals surface area contributed by atoms with Crippen molar-refractivity contribution in [1.82, 2.24) is 20.3 Å². The molecule has 0 aliphatic heterocycles. The maximum Gasteiger partial charge on any atom is 0.239 e. The number of nitrogens with one attached hydrogen (secondary N) is 1. The molecule has 2 aromatic heterocycles. The smallest absolute Gasteiger partial charge is 0.239 e. The second-order valence-corrected chi connectivity index (χ2v) is 7.63. The van der Waals surface area contributed by atoms with E-state index in [1.54, 1.807) is 6.20 Å². The zero-order valence-corrected chi connectivity index (χ0v) is 16.2. The molecule has 7 nitrogen and oxygen atoms in total. The molecule has 0 saturated carbocycles. The van der Waals surface area contributed by atoms with E-state index in [4.69, 9.17) is 15.1 Å². The molecule has 0 aromatic carbocycles. The number of nitrogens with zero attached hydrogens (tertiary/aromatic N) is 4. The Kier molecular flexibility index (Phi) is 5.70. The molecule has 27 heavy (non-hydrogen) atoms. The van der Waals surface area contributed by atoms with Crippen molar-refractivity contribution in [2.75, 3.05) is 25.1 Å². The molecular weight excluding hydrogens is 342 g/mol. The van der Waals surface area contributed by atoms with E-state index >= 15 is 0 Å². The van der Waals surface area contributed by atoms with Crippen LogP contribution in [0.2, 0.25) is 0 Å². The fraction of sp³-hybridized carbons (Fsp3) is 0.500. The number of aliphatic hydroxyl groups is 1. The molecule has 2 N–H and O–H groups in total. The highest BCUT2D eigenvalue weighted by atomic mass is 16.3. The minimum Gasteiger partial charge on any atom is -0.396 e. The van der Waals surface area contributed by atoms with Crippen LogP contribution in [0.1, 0.15) is 37.9 Å². The summed E-state index contributed by atoms with van der Waals surface area (Å²) in [7, 11) is 1.88. The molecule has 2 aromatic rings. The van der Waals surface area contributed by atoms with Gasteiger partial charge in [-0.25, -0.2) is 9.97 Å². The number of likely N-dealkylation sites (N-methyl/N-ethyl adjacent to an activating group) is 1. The third-order valence-electron chi connectivity index (χ3n) is 4.76. The van der Waals surface area contributed by atoms with Crippen molar-refractivity contribution in [2.45, 2.75) is 45.1 Å². The number of carbonyl (C=O) groups is 1. The highest BCUT2D eigenvalue weighted by Crippen LogP contribution is 2.30. The third kappa shape index (κ3) is 4.60. The van der Waals surface area contributed by atoms with Gasteiger partial charge in [0.1, 0.15) is 11.5 Å². The maximum atomic E-state index is 12.5. The number of amides is 1. The minimum absolute atomic E-state index is 0.0377. The van der Waals surface area contributed by atoms with Crippen LogP contribution in [0.3, 0.4) is 0 Å². The second-order valence-electron chi connectivity index (χ2n) is 7.63. The molecule has 0 spiro atoms. The number of carbonyl (C=O) groups excluding carboxylic acids is 1. The van der Waals surface area contributed by atoms with E-state index in [1.165, 1.54) is 0 Å². The molecule has 0 unspecified atom stereocenters. The van der Waals surface area contributed by atoms with Gasteiger partial charge in [0.2, 0.25) is 5.91 Å². The van der Waals surface area contributed by atoms with Gasteiger partial charge < -0.3 is 15.3 Å². The molecule has 0 fully saturated rings. The van der Waals surface area contributed by atoms with Gasteiger partial charge in [-0.2, -0.15) is 0 Å². The summed E-state index contributed by atoms with van der Waals surface area (Å²) in [4.78, 5) is 28.2. The summed E-state index contributed by atoms with van der Waals surface area (Å²) in [5.74, 6) is 1.30. The Labute approximate surface area is 159 Å². The van der Waals surface area contributed by atoms with E-state index < -0.39 is 5.54 Å². The molecule has 0 radical (unpaired) electrons. The monoisotopic (exact) mass is 369 g/mol. The highest BCUT2D eigenvalue weighted by molar-refractivity contribution is 5.82. The lowest BCUT2D eigenvalue weighted by Crippen LogP contribution is -2.48. The van der Waals surface area contributed by atoms with Gasteiger partial charge in [-0.3, -0.25) is 9.78 Å². The Balaban J connectivity index is 1.83. The molecule has 1 aliphatic carbocycles. The van der Waals surface area contributed by atoms with Gasteiger partial charge in [0, 0.05) is 36.6 Å². The van der Waals surface area contributed by atoms with Gasteiger partial charge in [-0.15, -0.1) is 0 Å². The second kappa shape index (κ2) is 8.00. The average Bonchev–Trinajstić information content (AvgIpc) is 3.09. The van der Waals surface area contributed by atoms with Crippen LogP contribution in [-0.2, 0) is 17.6 Å². The fourth-order valence-electron chi connectivity index (χ4n) is 3.39. The van der Waals surface area contributed by atoms with Crippen LogP contribution in [0.4, 0.5) is 5.82 Å². The van der Waals surface area contributed by atoms with Crippen LogP contribution in [0, 0.1) is 0 Å². The maximum absolute atomic E-state index is 12.5. The van der Waals surface area contributed by atoms with Crippen molar-refractivity contribution >= 4 is 11.7 Å². The molecule has 0 bridgehead atoms. The topological polar surface area (TPSA) is 91.2 Å². The van der Waals surface area contributed by atoms with Crippen molar-refractivity contribution in [3.05, 3.63) is 35.7 Å². The van der Waals surface area contributed by atoms with Crippen molar-refractivity contribution in [1.29, 1.82) is 0 Å². The van der Waals surface area contributed by atoms with Gasteiger partial charge >= 0.3 is 0 Å². The zero-order chi connectivity index (χ0) is 19.4. The van der Waals surface area contributed by atoms with E-state index in [0.717, 1.165) is 42.0 Å². The minimum atomic E-state index is -0.445. The van der Waals surface area contributed by atoms with E-state index in [0.29, 0.717) is 12.2 Å². The van der Waals surface area contributed by atoms with Crippen molar-refractivity contribution in [3.63, 3.8) is 0 Å². The normalized spacial score (nSPS) is 13.3. The number of aliphatic hydroxyl groups excluding tert-OH is 1. The van der Waals surface area contributed by atoms with Gasteiger partial charge in [-0.05, 0) is 51.7 Å². The van der Waals surface area contributed by atoms with Crippen LogP contribution in [0.15, 0.2) is 24.4 Å². The van der Waals surface area contributed by atoms with Crippen LogP contribution in [0.25, 0.3) is 11.5 Å². The summed E-state index contributed by atoms with van der Waals surface area (Å²) in [5.41, 5.74) is 2.46. The fourth-order valence-corrected chi connectivity index (χ4v) is 3.39. The molecule has 1 aliphatic rings. The summed E-state index contributed by atoms with van der Waals surface area (Å²) < 4.78 is 0. The molecular formula is C20H27N5O2. The first-order chi connectivity index (χ1) is 12.9. The Hall–Kier alpha value is -2.54. The first-order valence-corrected chi connectivity index (χ1v) is 9.34. The lowest BCUT2D eigenvalue weighted by molar-refractivity contribution is -0.121. The van der Waals surface area contributed by atoms with E-state index in [1.807, 2.05) is 44.0 Å². The zero-order valence-electron chi connectivity index (χ0n) is 16.2.